The van der Waals surface area contributed by atoms with E-state index in [4.69, 9.17) is 10.3 Å². The van der Waals surface area contributed by atoms with E-state index in [-0.39, 0.29) is 5.41 Å². The highest BCUT2D eigenvalue weighted by molar-refractivity contribution is 5.31. The van der Waals surface area contributed by atoms with Crippen molar-refractivity contribution in [1.29, 1.82) is 0 Å². The van der Waals surface area contributed by atoms with Crippen LogP contribution in [0.3, 0.4) is 0 Å². The normalized spacial score (nSPS) is 10.7. The molecule has 86 valence electrons. The van der Waals surface area contributed by atoms with Crippen LogP contribution in [0.5, 0.6) is 5.75 Å². The number of hydrogen-bond donors (Lipinski definition) is 0. The molecular formula is C12H17N3O. The van der Waals surface area contributed by atoms with E-state index in [1.165, 1.54) is 5.56 Å². The molecule has 0 fully saturated rings. The average molecular weight is 219 g/mol. The Morgan fingerprint density at radius 1 is 1.25 bits per heavy atom. The summed E-state index contributed by atoms with van der Waals surface area (Å²) in [7, 11) is 0. The summed E-state index contributed by atoms with van der Waals surface area (Å²) in [4.78, 5) is 2.66. The molecule has 0 atom stereocenters. The molecule has 0 heterocycles. The minimum Gasteiger partial charge on any atom is -0.493 e. The Bertz CT molecular complexity index is 372. The van der Waals surface area contributed by atoms with E-state index in [0.29, 0.717) is 13.2 Å². The van der Waals surface area contributed by atoms with E-state index in [1.807, 2.05) is 12.1 Å². The molecule has 1 rings (SSSR count). The summed E-state index contributed by atoms with van der Waals surface area (Å²) in [5.41, 5.74) is 9.52. The van der Waals surface area contributed by atoms with Crippen LogP contribution in [0.4, 0.5) is 0 Å². The van der Waals surface area contributed by atoms with E-state index in [2.05, 4.69) is 42.9 Å². The Morgan fingerprint density at radius 3 is 2.38 bits per heavy atom. The predicted octanol–water partition coefficient (Wildman–Crippen LogP) is 3.67. The topological polar surface area (TPSA) is 58.0 Å². The first kappa shape index (κ1) is 12.4. The third kappa shape index (κ3) is 3.83. The van der Waals surface area contributed by atoms with Gasteiger partial charge in [-0.2, -0.15) is 0 Å². The SMILES string of the molecule is CC(C)(C)c1ccc(OCCN=[N+]=[N-])cc1. The Kier molecular flexibility index (Phi) is 4.20. The summed E-state index contributed by atoms with van der Waals surface area (Å²) < 4.78 is 5.41. The molecule has 4 nitrogen and oxygen atoms in total. The highest BCUT2D eigenvalue weighted by Crippen LogP contribution is 2.24. The summed E-state index contributed by atoms with van der Waals surface area (Å²) in [6.45, 7) is 7.29. The molecule has 0 aliphatic heterocycles. The molecule has 1 aromatic rings. The van der Waals surface area contributed by atoms with Gasteiger partial charge in [0.05, 0.1) is 13.2 Å². The standard InChI is InChI=1S/C12H17N3O/c1-12(2,3)10-4-6-11(7-5-10)16-9-8-14-15-13/h4-7H,8-9H2,1-3H3. The molecule has 1 aromatic carbocycles. The summed E-state index contributed by atoms with van der Waals surface area (Å²) in [5, 5.41) is 3.40. The highest BCUT2D eigenvalue weighted by atomic mass is 16.5. The first-order valence-corrected chi connectivity index (χ1v) is 5.28. The van der Waals surface area contributed by atoms with Gasteiger partial charge in [-0.15, -0.1) is 0 Å². The van der Waals surface area contributed by atoms with Crippen molar-refractivity contribution >= 4 is 0 Å². The largest absolute Gasteiger partial charge is 0.493 e. The number of azide groups is 1. The number of hydrogen-bond acceptors (Lipinski definition) is 2. The Labute approximate surface area is 95.9 Å². The second kappa shape index (κ2) is 5.42. The van der Waals surface area contributed by atoms with E-state index in [1.54, 1.807) is 0 Å². The molecule has 0 amide bonds. The van der Waals surface area contributed by atoms with Gasteiger partial charge in [0, 0.05) is 4.91 Å². The second-order valence-electron chi connectivity index (χ2n) is 4.58. The van der Waals surface area contributed by atoms with E-state index in [0.717, 1.165) is 5.75 Å². The zero-order chi connectivity index (χ0) is 12.0. The fourth-order valence-electron chi connectivity index (χ4n) is 1.30. The lowest BCUT2D eigenvalue weighted by atomic mass is 9.87. The fourth-order valence-corrected chi connectivity index (χ4v) is 1.30. The van der Waals surface area contributed by atoms with Crippen LogP contribution in [0.1, 0.15) is 26.3 Å². The van der Waals surface area contributed by atoms with Crippen LogP contribution in [0, 0.1) is 0 Å². The average Bonchev–Trinajstić information content (AvgIpc) is 2.24. The van der Waals surface area contributed by atoms with Gasteiger partial charge in [-0.3, -0.25) is 0 Å². The molecule has 0 saturated heterocycles. The van der Waals surface area contributed by atoms with Crippen molar-refractivity contribution in [2.75, 3.05) is 13.2 Å². The maximum absolute atomic E-state index is 8.09. The lowest BCUT2D eigenvalue weighted by Crippen LogP contribution is -2.10. The zero-order valence-electron chi connectivity index (χ0n) is 9.97. The van der Waals surface area contributed by atoms with Crippen LogP contribution >= 0.6 is 0 Å². The van der Waals surface area contributed by atoms with E-state index >= 15 is 0 Å². The highest BCUT2D eigenvalue weighted by Gasteiger charge is 2.12. The molecule has 0 radical (unpaired) electrons. The molecule has 0 aliphatic carbocycles. The quantitative estimate of drug-likeness (QED) is 0.330. The Hall–Kier alpha value is -1.67. The van der Waals surface area contributed by atoms with Gasteiger partial charge in [0.25, 0.3) is 0 Å². The number of ether oxygens (including phenoxy) is 1. The summed E-state index contributed by atoms with van der Waals surface area (Å²) in [5.74, 6) is 0.807. The van der Waals surface area contributed by atoms with Crippen molar-refractivity contribution in [3.05, 3.63) is 40.3 Å². The van der Waals surface area contributed by atoms with Crippen molar-refractivity contribution in [2.45, 2.75) is 26.2 Å². The molecule has 4 heteroatoms. The number of benzene rings is 1. The zero-order valence-corrected chi connectivity index (χ0v) is 9.97. The van der Waals surface area contributed by atoms with Gasteiger partial charge in [-0.1, -0.05) is 38.0 Å². The predicted molar refractivity (Wildman–Crippen MR) is 64.7 cm³/mol. The molecule has 0 aromatic heterocycles. The molecule has 0 aliphatic rings. The third-order valence-corrected chi connectivity index (χ3v) is 2.24. The van der Waals surface area contributed by atoms with Gasteiger partial charge in [-0.25, -0.2) is 0 Å². The maximum atomic E-state index is 8.09. The van der Waals surface area contributed by atoms with Crippen molar-refractivity contribution in [2.24, 2.45) is 5.11 Å². The fraction of sp³-hybridized carbons (Fsp3) is 0.500. The number of rotatable bonds is 4. The molecular weight excluding hydrogens is 202 g/mol. The lowest BCUT2D eigenvalue weighted by molar-refractivity contribution is 0.328. The first-order valence-electron chi connectivity index (χ1n) is 5.28. The van der Waals surface area contributed by atoms with Crippen molar-refractivity contribution < 1.29 is 4.74 Å². The van der Waals surface area contributed by atoms with Crippen LogP contribution in [0.15, 0.2) is 29.4 Å². The van der Waals surface area contributed by atoms with Crippen LogP contribution in [0.25, 0.3) is 10.4 Å². The van der Waals surface area contributed by atoms with Crippen molar-refractivity contribution in [1.82, 2.24) is 0 Å². The molecule has 0 saturated carbocycles. The number of nitrogens with zero attached hydrogens (tertiary/aromatic N) is 3. The minimum atomic E-state index is 0.156. The van der Waals surface area contributed by atoms with Gasteiger partial charge >= 0.3 is 0 Å². The molecule has 16 heavy (non-hydrogen) atoms. The summed E-state index contributed by atoms with van der Waals surface area (Å²) in [6, 6.07) is 8.00. The summed E-state index contributed by atoms with van der Waals surface area (Å²) >= 11 is 0. The first-order chi connectivity index (χ1) is 7.54. The summed E-state index contributed by atoms with van der Waals surface area (Å²) in [6.07, 6.45) is 0. The van der Waals surface area contributed by atoms with Gasteiger partial charge in [0.1, 0.15) is 5.75 Å². The molecule has 0 bridgehead atoms. The minimum absolute atomic E-state index is 0.156. The van der Waals surface area contributed by atoms with E-state index in [9.17, 15) is 0 Å². The van der Waals surface area contributed by atoms with Gasteiger partial charge in [-0.05, 0) is 28.6 Å². The monoisotopic (exact) mass is 219 g/mol. The maximum Gasteiger partial charge on any atom is 0.119 e. The Morgan fingerprint density at radius 2 is 1.88 bits per heavy atom. The third-order valence-electron chi connectivity index (χ3n) is 2.24. The van der Waals surface area contributed by atoms with Crippen molar-refractivity contribution in [3.63, 3.8) is 0 Å². The lowest BCUT2D eigenvalue weighted by Gasteiger charge is -2.19. The van der Waals surface area contributed by atoms with Crippen LogP contribution in [-0.4, -0.2) is 13.2 Å². The van der Waals surface area contributed by atoms with Crippen LogP contribution in [-0.2, 0) is 5.41 Å². The molecule has 0 spiro atoms. The Balaban J connectivity index is 2.55. The van der Waals surface area contributed by atoms with E-state index < -0.39 is 0 Å². The smallest absolute Gasteiger partial charge is 0.119 e. The van der Waals surface area contributed by atoms with Crippen LogP contribution in [0.2, 0.25) is 0 Å². The molecule has 0 N–H and O–H groups in total. The van der Waals surface area contributed by atoms with Crippen LogP contribution < -0.4 is 4.74 Å². The van der Waals surface area contributed by atoms with Gasteiger partial charge < -0.3 is 4.74 Å². The van der Waals surface area contributed by atoms with Gasteiger partial charge in [0.2, 0.25) is 0 Å². The van der Waals surface area contributed by atoms with Gasteiger partial charge in [0.15, 0.2) is 0 Å². The van der Waals surface area contributed by atoms with Crippen molar-refractivity contribution in [3.8, 4) is 5.75 Å². The molecule has 0 unspecified atom stereocenters. The second-order valence-corrected chi connectivity index (χ2v) is 4.58.